The second kappa shape index (κ2) is 34.7. The molecular weight excluding hydrogens is 1410 g/mol. The van der Waals surface area contributed by atoms with Gasteiger partial charge in [0.2, 0.25) is 17.8 Å². The van der Waals surface area contributed by atoms with E-state index < -0.39 is 0 Å². The van der Waals surface area contributed by atoms with Crippen molar-refractivity contribution >= 4 is 45.4 Å². The Hall–Kier alpha value is -10.0. The Morgan fingerprint density at radius 2 is 0.813 bits per heavy atom. The van der Waals surface area contributed by atoms with Gasteiger partial charge in [0.05, 0.1) is 85.0 Å². The summed E-state index contributed by atoms with van der Waals surface area (Å²) in [5.74, 6) is 4.73. The maximum atomic E-state index is 12.3. The number of likely N-dealkylation sites (tertiary alicyclic amines) is 3. The van der Waals surface area contributed by atoms with Crippen LogP contribution >= 0.6 is 34.0 Å². The van der Waals surface area contributed by atoms with Gasteiger partial charge in [-0.05, 0) is 130 Å². The van der Waals surface area contributed by atoms with Crippen LogP contribution in [0.5, 0.6) is 0 Å². The molecule has 17 heterocycles. The third-order valence-corrected chi connectivity index (χ3v) is 22.7. The van der Waals surface area contributed by atoms with Gasteiger partial charge in [0, 0.05) is 152 Å². The molecule has 0 amide bonds. The molecule has 17 rings (SSSR count). The van der Waals surface area contributed by atoms with Crippen LogP contribution < -0.4 is 43.3 Å². The fourth-order valence-electron chi connectivity index (χ4n) is 14.5. The summed E-state index contributed by atoms with van der Waals surface area (Å²) in [7, 11) is 0. The second-order valence-electron chi connectivity index (χ2n) is 27.8. The van der Waals surface area contributed by atoms with Gasteiger partial charge in [-0.1, -0.05) is 18.2 Å². The molecule has 0 aliphatic carbocycles. The Kier molecular flexibility index (Phi) is 23.5. The fraction of sp³-hybridized carbons (Fsp3) is 0.400. The average Bonchev–Trinajstić information content (AvgIpc) is 1.80. The summed E-state index contributed by atoms with van der Waals surface area (Å²) >= 11 is 4.79. The van der Waals surface area contributed by atoms with Gasteiger partial charge in [-0.2, -0.15) is 0 Å². The van der Waals surface area contributed by atoms with Crippen LogP contribution in [-0.4, -0.2) is 194 Å². The van der Waals surface area contributed by atoms with Crippen LogP contribution in [-0.2, 0) is 26.1 Å². The Labute approximate surface area is 630 Å². The molecule has 5 aliphatic rings. The molecule has 29 nitrogen and oxygen atoms in total. The summed E-state index contributed by atoms with van der Waals surface area (Å²) in [4.78, 5) is 116. The molecule has 0 aromatic carbocycles. The second-order valence-corrected chi connectivity index (χ2v) is 30.7. The van der Waals surface area contributed by atoms with E-state index in [4.69, 9.17) is 26.4 Å². The van der Waals surface area contributed by atoms with Gasteiger partial charge in [-0.15, -0.1) is 34.0 Å². The predicted octanol–water partition coefficient (Wildman–Crippen LogP) is 7.79. The summed E-state index contributed by atoms with van der Waals surface area (Å²) in [5.41, 5.74) is 19.6. The van der Waals surface area contributed by atoms with Gasteiger partial charge in [0.15, 0.2) is 0 Å². The third-order valence-electron chi connectivity index (χ3n) is 20.0. The zero-order valence-corrected chi connectivity index (χ0v) is 62.0. The van der Waals surface area contributed by atoms with Gasteiger partial charge in [0.1, 0.15) is 36.5 Å². The van der Waals surface area contributed by atoms with Gasteiger partial charge in [0.25, 0.3) is 16.7 Å². The normalized spacial score (nSPS) is 18.4. The molecule has 5 fully saturated rings. The first kappa shape index (κ1) is 72.5. The first-order valence-electron chi connectivity index (χ1n) is 36.8. The zero-order chi connectivity index (χ0) is 72.8. The quantitative estimate of drug-likeness (QED) is 0.0424. The van der Waals surface area contributed by atoms with Gasteiger partial charge in [-0.3, -0.25) is 42.8 Å². The molecule has 0 radical (unpaired) electrons. The molecule has 107 heavy (non-hydrogen) atoms. The van der Waals surface area contributed by atoms with Crippen molar-refractivity contribution < 1.29 is 0 Å². The van der Waals surface area contributed by atoms with E-state index in [-0.39, 0.29) is 34.4 Å². The number of nitrogens with two attached hydrogens (primary N) is 2. The van der Waals surface area contributed by atoms with Crippen LogP contribution in [0.1, 0.15) is 116 Å². The van der Waals surface area contributed by atoms with E-state index in [9.17, 15) is 14.4 Å². The number of nitrogens with zero attached hydrogens (tertiary/aromatic N) is 20. The van der Waals surface area contributed by atoms with E-state index in [1.807, 2.05) is 122 Å². The number of anilines is 2. The Balaban J connectivity index is 0.000000128. The average molecular weight is 1500 g/mol. The number of piperazine rings is 1. The number of aromatic nitrogens is 18. The molecule has 554 valence electrons. The fourth-order valence-corrected chi connectivity index (χ4v) is 16.6. The number of hydrogen-bond donors (Lipinski definition) is 6. The lowest BCUT2D eigenvalue weighted by atomic mass is 9.97. The number of H-pyrrole nitrogens is 3. The summed E-state index contributed by atoms with van der Waals surface area (Å²) in [6.45, 7) is 14.1. The Morgan fingerprint density at radius 1 is 0.449 bits per heavy atom. The number of nitrogens with one attached hydrogen (secondary N) is 4. The van der Waals surface area contributed by atoms with Crippen molar-refractivity contribution in [3.05, 3.63) is 217 Å². The number of imidazole rings is 3. The molecule has 3 atom stereocenters. The zero-order valence-electron chi connectivity index (χ0n) is 59.6. The molecule has 0 bridgehead atoms. The lowest BCUT2D eigenvalue weighted by molar-refractivity contribution is 0.194. The Morgan fingerprint density at radius 3 is 1.17 bits per heavy atom. The van der Waals surface area contributed by atoms with E-state index in [2.05, 4.69) is 89.6 Å². The monoisotopic (exact) mass is 1500 g/mol. The van der Waals surface area contributed by atoms with Crippen LogP contribution in [0.4, 0.5) is 11.4 Å². The standard InChI is InChI=1S/C26H31N9OS.C25H29N9OS.C24H28N8OS/c27-19-5-8-34(9-6-19)21-12-28-26(29-13-21)35-16-20(30-17-35)15-33-7-1-3-18(14-33)25-31-22(11-24(36)32-25)23-4-2-10-37-23;35-23-11-21(22-4-2-10-36-22)30-24(31-23)18-3-1-7-32(14-18)15-19-16-34(17-29-19)25-27-12-20(13-28-25)33-8-5-26-6-9-33;25-7-1-4-17-11-26-24(27-12-17)32-15-19(28-16-32)14-31-8-2-5-18(13-31)23-29-20(10-22(33)30-23)21-6-3-9-34-21/h2,4,10-13,16-19H,1,3,5-9,14-15,27H2,(H,31,32,36);2,4,10-13,16-18,26H,1,3,5-9,14-15H2,(H,30,31,35);3,6,9-12,15-16,18H,1-2,4-5,7-8,13-14,25H2,(H,29,30,33). The summed E-state index contributed by atoms with van der Waals surface area (Å²) in [6, 6.07) is 17.0. The smallest absolute Gasteiger partial charge is 0.251 e. The molecule has 8 N–H and O–H groups in total. The SMILES string of the molecule is NC1CCN(c2cnc(-n3cnc(CN4CCCC(c5nc(-c6cccs6)cc(=O)[nH]5)C4)c3)nc2)CC1.NCCCc1cnc(-n2cnc(CN3CCCC(c4nc(-c5cccs5)cc(=O)[nH]4)C3)c2)nc1.O=c1cc(-c2cccs2)nc(C2CCCN(Cc3cn(-c4ncc(N5CCNCC5)cn4)cn3)C2)[nH]1. The van der Waals surface area contributed by atoms with E-state index in [0.29, 0.717) is 30.4 Å². The molecule has 12 aromatic heterocycles. The molecule has 5 saturated heterocycles. The number of hydrogen-bond acceptors (Lipinski definition) is 26. The highest BCUT2D eigenvalue weighted by Crippen LogP contribution is 2.32. The van der Waals surface area contributed by atoms with Crippen molar-refractivity contribution in [1.29, 1.82) is 0 Å². The summed E-state index contributed by atoms with van der Waals surface area (Å²) in [5, 5.41) is 9.37. The van der Waals surface area contributed by atoms with Crippen LogP contribution in [0.15, 0.2) is 160 Å². The number of rotatable bonds is 20. The minimum atomic E-state index is -0.0988. The topological polar surface area (TPSA) is 348 Å². The lowest BCUT2D eigenvalue weighted by Gasteiger charge is -2.31. The molecule has 0 saturated carbocycles. The van der Waals surface area contributed by atoms with Gasteiger partial charge < -0.3 is 41.5 Å². The van der Waals surface area contributed by atoms with Crippen LogP contribution in [0.3, 0.4) is 0 Å². The summed E-state index contributed by atoms with van der Waals surface area (Å²) < 4.78 is 5.60. The number of aromatic amines is 3. The first-order chi connectivity index (χ1) is 52.5. The molecule has 5 aliphatic heterocycles. The number of aryl methyl sites for hydroxylation is 1. The summed E-state index contributed by atoms with van der Waals surface area (Å²) in [6.07, 6.45) is 32.5. The Bertz CT molecular complexity index is 4970. The van der Waals surface area contributed by atoms with Gasteiger partial charge in [-0.25, -0.2) is 59.8 Å². The van der Waals surface area contributed by atoms with Crippen molar-refractivity contribution in [1.82, 2.24) is 108 Å². The highest BCUT2D eigenvalue weighted by atomic mass is 32.1. The molecule has 3 unspecified atom stereocenters. The minimum Gasteiger partial charge on any atom is -0.369 e. The van der Waals surface area contributed by atoms with Gasteiger partial charge >= 0.3 is 0 Å². The number of thiophene rings is 3. The first-order valence-corrected chi connectivity index (χ1v) is 39.5. The molecule has 12 aromatic rings. The molecular formula is C75H88N26O3S3. The van der Waals surface area contributed by atoms with Crippen molar-refractivity contribution in [2.24, 2.45) is 11.5 Å². The van der Waals surface area contributed by atoms with Crippen molar-refractivity contribution in [3.63, 3.8) is 0 Å². The third kappa shape index (κ3) is 18.9. The van der Waals surface area contributed by atoms with E-state index in [1.54, 1.807) is 71.2 Å². The minimum absolute atomic E-state index is 0.0951. The van der Waals surface area contributed by atoms with Crippen LogP contribution in [0.25, 0.3) is 49.6 Å². The van der Waals surface area contributed by atoms with Crippen molar-refractivity contribution in [3.8, 4) is 49.6 Å². The maximum Gasteiger partial charge on any atom is 0.251 e. The largest absolute Gasteiger partial charge is 0.369 e. The molecule has 32 heteroatoms. The molecule has 0 spiro atoms. The van der Waals surface area contributed by atoms with Crippen LogP contribution in [0.2, 0.25) is 0 Å². The van der Waals surface area contributed by atoms with Crippen LogP contribution in [0, 0.1) is 0 Å². The van der Waals surface area contributed by atoms with Crippen molar-refractivity contribution in [2.75, 3.05) is 94.9 Å². The van der Waals surface area contributed by atoms with E-state index in [1.165, 1.54) is 0 Å². The van der Waals surface area contributed by atoms with E-state index in [0.717, 1.165) is 246 Å². The van der Waals surface area contributed by atoms with E-state index >= 15 is 0 Å². The highest BCUT2D eigenvalue weighted by molar-refractivity contribution is 7.14. The highest BCUT2D eigenvalue weighted by Gasteiger charge is 2.29. The number of piperidine rings is 4. The predicted molar refractivity (Wildman–Crippen MR) is 416 cm³/mol. The van der Waals surface area contributed by atoms with Crippen molar-refractivity contribution in [2.45, 2.75) is 108 Å². The maximum absolute atomic E-state index is 12.3. The lowest BCUT2D eigenvalue weighted by Crippen LogP contribution is -2.43.